The molecule has 0 aliphatic rings. The van der Waals surface area contributed by atoms with E-state index in [0.717, 1.165) is 5.56 Å². The van der Waals surface area contributed by atoms with Gasteiger partial charge in [0.2, 0.25) is 11.8 Å². The summed E-state index contributed by atoms with van der Waals surface area (Å²) in [6.07, 6.45) is 1.38. The lowest BCUT2D eigenvalue weighted by molar-refractivity contribution is 0.205. The molecule has 1 N–H and O–H groups in total. The van der Waals surface area contributed by atoms with Gasteiger partial charge in [0.05, 0.1) is 0 Å². The van der Waals surface area contributed by atoms with Crippen LogP contribution in [0.1, 0.15) is 38.4 Å². The number of aromatic nitrogens is 4. The quantitative estimate of drug-likeness (QED) is 0.679. The number of anilines is 1. The molecule has 2 heterocycles. The zero-order chi connectivity index (χ0) is 19.2. The summed E-state index contributed by atoms with van der Waals surface area (Å²) in [6, 6.07) is 6.99. The maximum absolute atomic E-state index is 12.5. The van der Waals surface area contributed by atoms with E-state index in [-0.39, 0.29) is 12.6 Å². The first-order valence-corrected chi connectivity index (χ1v) is 8.93. The fourth-order valence-corrected chi connectivity index (χ4v) is 2.40. The number of amides is 2. The van der Waals surface area contributed by atoms with E-state index in [1.807, 2.05) is 32.9 Å². The van der Waals surface area contributed by atoms with Gasteiger partial charge in [0.15, 0.2) is 5.82 Å². The van der Waals surface area contributed by atoms with Gasteiger partial charge in [0, 0.05) is 30.6 Å². The van der Waals surface area contributed by atoms with Crippen molar-refractivity contribution in [1.29, 1.82) is 0 Å². The van der Waals surface area contributed by atoms with Gasteiger partial charge in [-0.05, 0) is 31.2 Å². The van der Waals surface area contributed by atoms with E-state index >= 15 is 0 Å². The predicted octanol–water partition coefficient (Wildman–Crippen LogP) is 3.30. The maximum atomic E-state index is 12.5. The molecule has 0 atom stereocenters. The summed E-state index contributed by atoms with van der Waals surface area (Å²) in [5.41, 5.74) is 1.46. The van der Waals surface area contributed by atoms with Gasteiger partial charge < -0.3 is 19.2 Å². The van der Waals surface area contributed by atoms with Crippen LogP contribution in [0.2, 0.25) is 0 Å². The Kier molecular flexibility index (Phi) is 5.80. The molecular weight excluding hydrogens is 348 g/mol. The molecule has 142 valence electrons. The smallest absolute Gasteiger partial charge is 0.322 e. The highest BCUT2D eigenvalue weighted by Crippen LogP contribution is 2.20. The molecule has 0 aliphatic carbocycles. The van der Waals surface area contributed by atoms with Crippen LogP contribution in [0.3, 0.4) is 0 Å². The number of urea groups is 1. The highest BCUT2D eigenvalue weighted by Gasteiger charge is 2.16. The van der Waals surface area contributed by atoms with Gasteiger partial charge in [-0.2, -0.15) is 4.98 Å². The lowest BCUT2D eigenvalue weighted by Crippen LogP contribution is -2.34. The molecule has 0 saturated heterocycles. The molecule has 0 spiro atoms. The van der Waals surface area contributed by atoms with Crippen molar-refractivity contribution in [2.75, 3.05) is 11.9 Å². The first-order valence-electron chi connectivity index (χ1n) is 8.93. The lowest BCUT2D eigenvalue weighted by atomic mass is 10.2. The number of hydrogen-bond donors (Lipinski definition) is 1. The van der Waals surface area contributed by atoms with E-state index in [1.54, 1.807) is 17.0 Å². The van der Waals surface area contributed by atoms with Crippen LogP contribution >= 0.6 is 0 Å². The predicted molar refractivity (Wildman–Crippen MR) is 97.9 cm³/mol. The van der Waals surface area contributed by atoms with Crippen molar-refractivity contribution in [2.24, 2.45) is 0 Å². The molecule has 9 heteroatoms. The van der Waals surface area contributed by atoms with E-state index in [1.165, 1.54) is 0 Å². The Hall–Kier alpha value is -3.23. The standard InChI is InChI=1S/C18H22N6O3/c1-4-14-20-17(27-23-14)12-7-9-13(10-8-12)19-18(25)24(6-3)11-16-22-21-15(5-2)26-16/h7-10H,4-6,11H2,1-3H3,(H,19,25). The first-order chi connectivity index (χ1) is 13.1. The fraction of sp³-hybridized carbons (Fsp3) is 0.389. The number of hydrogen-bond acceptors (Lipinski definition) is 7. The van der Waals surface area contributed by atoms with E-state index in [4.69, 9.17) is 8.94 Å². The average molecular weight is 370 g/mol. The van der Waals surface area contributed by atoms with Gasteiger partial charge in [-0.3, -0.25) is 0 Å². The molecule has 0 radical (unpaired) electrons. The monoisotopic (exact) mass is 370 g/mol. The van der Waals surface area contributed by atoms with E-state index in [9.17, 15) is 4.79 Å². The van der Waals surface area contributed by atoms with Gasteiger partial charge in [0.1, 0.15) is 6.54 Å². The van der Waals surface area contributed by atoms with Crippen molar-refractivity contribution in [3.63, 3.8) is 0 Å². The van der Waals surface area contributed by atoms with E-state index in [2.05, 4.69) is 25.7 Å². The molecule has 2 aromatic heterocycles. The Morgan fingerprint density at radius 1 is 1.07 bits per heavy atom. The van der Waals surface area contributed by atoms with Crippen LogP contribution in [-0.4, -0.2) is 37.8 Å². The van der Waals surface area contributed by atoms with Crippen molar-refractivity contribution in [3.05, 3.63) is 41.9 Å². The molecule has 0 unspecified atom stereocenters. The Labute approximate surface area is 156 Å². The SMILES string of the molecule is CCc1noc(-c2ccc(NC(=O)N(CC)Cc3nnc(CC)o3)cc2)n1. The minimum atomic E-state index is -0.243. The van der Waals surface area contributed by atoms with Crippen molar-refractivity contribution < 1.29 is 13.7 Å². The van der Waals surface area contributed by atoms with Crippen LogP contribution in [0, 0.1) is 0 Å². The Bertz CT molecular complexity index is 887. The number of carbonyl (C=O) groups is 1. The minimum absolute atomic E-state index is 0.243. The van der Waals surface area contributed by atoms with Crippen molar-refractivity contribution in [1.82, 2.24) is 25.2 Å². The number of rotatable bonds is 7. The third-order valence-corrected chi connectivity index (χ3v) is 3.97. The Morgan fingerprint density at radius 2 is 1.81 bits per heavy atom. The number of nitrogens with zero attached hydrogens (tertiary/aromatic N) is 5. The molecule has 9 nitrogen and oxygen atoms in total. The highest BCUT2D eigenvalue weighted by molar-refractivity contribution is 5.89. The zero-order valence-corrected chi connectivity index (χ0v) is 15.6. The number of aryl methyl sites for hydroxylation is 2. The molecular formula is C18H22N6O3. The number of carbonyl (C=O) groups excluding carboxylic acids is 1. The Balaban J connectivity index is 1.63. The Morgan fingerprint density at radius 3 is 2.41 bits per heavy atom. The van der Waals surface area contributed by atoms with Crippen LogP contribution in [0.4, 0.5) is 10.5 Å². The van der Waals surface area contributed by atoms with Crippen LogP contribution in [0.25, 0.3) is 11.5 Å². The molecule has 0 fully saturated rings. The van der Waals surface area contributed by atoms with Gasteiger partial charge in [-0.1, -0.05) is 19.0 Å². The highest BCUT2D eigenvalue weighted by atomic mass is 16.5. The fourth-order valence-electron chi connectivity index (χ4n) is 2.40. The third kappa shape index (κ3) is 4.49. The summed E-state index contributed by atoms with van der Waals surface area (Å²) in [5, 5.41) is 14.6. The summed E-state index contributed by atoms with van der Waals surface area (Å²) >= 11 is 0. The molecule has 27 heavy (non-hydrogen) atoms. The van der Waals surface area contributed by atoms with Crippen molar-refractivity contribution in [2.45, 2.75) is 40.2 Å². The van der Waals surface area contributed by atoms with Crippen molar-refractivity contribution >= 4 is 11.7 Å². The molecule has 0 bridgehead atoms. The average Bonchev–Trinajstić information content (AvgIpc) is 3.35. The molecule has 3 aromatic rings. The second kappa shape index (κ2) is 8.43. The van der Waals surface area contributed by atoms with Gasteiger partial charge in [-0.15, -0.1) is 10.2 Å². The molecule has 3 rings (SSSR count). The van der Waals surface area contributed by atoms with Crippen LogP contribution in [0.5, 0.6) is 0 Å². The zero-order valence-electron chi connectivity index (χ0n) is 15.6. The number of nitrogens with one attached hydrogen (secondary N) is 1. The molecule has 0 saturated carbocycles. The second-order valence-electron chi connectivity index (χ2n) is 5.83. The molecule has 1 aromatic carbocycles. The lowest BCUT2D eigenvalue weighted by Gasteiger charge is -2.19. The summed E-state index contributed by atoms with van der Waals surface area (Å²) in [4.78, 5) is 18.4. The minimum Gasteiger partial charge on any atom is -0.423 e. The number of benzene rings is 1. The maximum Gasteiger partial charge on any atom is 0.322 e. The van der Waals surface area contributed by atoms with Gasteiger partial charge in [-0.25, -0.2) is 4.79 Å². The molecule has 0 aliphatic heterocycles. The topological polar surface area (TPSA) is 110 Å². The normalized spacial score (nSPS) is 10.8. The second-order valence-corrected chi connectivity index (χ2v) is 5.83. The third-order valence-electron chi connectivity index (χ3n) is 3.97. The first kappa shape index (κ1) is 18.6. The van der Waals surface area contributed by atoms with Crippen LogP contribution in [0.15, 0.2) is 33.2 Å². The summed E-state index contributed by atoms with van der Waals surface area (Å²) in [6.45, 7) is 6.55. The summed E-state index contributed by atoms with van der Waals surface area (Å²) in [7, 11) is 0. The molecule has 2 amide bonds. The summed E-state index contributed by atoms with van der Waals surface area (Å²) < 4.78 is 10.7. The van der Waals surface area contributed by atoms with E-state index in [0.29, 0.717) is 48.6 Å². The van der Waals surface area contributed by atoms with Gasteiger partial charge >= 0.3 is 6.03 Å². The largest absolute Gasteiger partial charge is 0.423 e. The van der Waals surface area contributed by atoms with Crippen LogP contribution < -0.4 is 5.32 Å². The van der Waals surface area contributed by atoms with Crippen LogP contribution in [-0.2, 0) is 19.4 Å². The summed E-state index contributed by atoms with van der Waals surface area (Å²) in [5.74, 6) is 2.10. The van der Waals surface area contributed by atoms with Crippen molar-refractivity contribution in [3.8, 4) is 11.5 Å². The van der Waals surface area contributed by atoms with E-state index < -0.39 is 0 Å². The van der Waals surface area contributed by atoms with Gasteiger partial charge in [0.25, 0.3) is 5.89 Å².